The molecular formula is C14H17N3O2. The van der Waals surface area contributed by atoms with Crippen LogP contribution in [0.3, 0.4) is 0 Å². The predicted octanol–water partition coefficient (Wildman–Crippen LogP) is 1.90. The molecule has 1 heterocycles. The van der Waals surface area contributed by atoms with E-state index in [4.69, 9.17) is 9.68 Å². The molecule has 0 radical (unpaired) electrons. The van der Waals surface area contributed by atoms with Gasteiger partial charge in [-0.25, -0.2) is 4.79 Å². The van der Waals surface area contributed by atoms with Crippen LogP contribution in [0.4, 0.5) is 0 Å². The average Bonchev–Trinajstić information content (AvgIpc) is 2.76. The van der Waals surface area contributed by atoms with E-state index in [0.29, 0.717) is 12.0 Å². The molecule has 0 atom stereocenters. The van der Waals surface area contributed by atoms with E-state index in [-0.39, 0.29) is 0 Å². The summed E-state index contributed by atoms with van der Waals surface area (Å²) >= 11 is 0. The molecule has 0 spiro atoms. The zero-order chi connectivity index (χ0) is 13.7. The summed E-state index contributed by atoms with van der Waals surface area (Å²) in [4.78, 5) is 15.9. The van der Waals surface area contributed by atoms with Crippen LogP contribution in [0.2, 0.25) is 0 Å². The number of oxazole rings is 1. The lowest BCUT2D eigenvalue weighted by Gasteiger charge is -2.15. The van der Waals surface area contributed by atoms with Crippen molar-refractivity contribution in [2.75, 3.05) is 20.1 Å². The number of likely N-dealkylation sites (N-methyl/N-ethyl adjacent to an activating group) is 1. The highest BCUT2D eigenvalue weighted by Gasteiger charge is 2.03. The fourth-order valence-electron chi connectivity index (χ4n) is 2.01. The second kappa shape index (κ2) is 6.21. The molecule has 0 amide bonds. The Morgan fingerprint density at radius 3 is 3.05 bits per heavy atom. The smallest absolute Gasteiger partial charge is 0.408 e. The number of nitrogens with one attached hydrogen (secondary N) is 1. The Bertz CT molecular complexity index is 636. The molecule has 5 nitrogen and oxygen atoms in total. The van der Waals surface area contributed by atoms with Crippen molar-refractivity contribution >= 4 is 11.1 Å². The van der Waals surface area contributed by atoms with E-state index in [9.17, 15) is 4.79 Å². The standard InChI is InChI=1S/C14H17N3O2/c1-17(8-3-2-7-15)9-6-11-4-5-13-12(10-11)16-14(18)19-13/h4-5,10H,2-3,6,8-9H2,1H3,(H,16,18). The van der Waals surface area contributed by atoms with Crippen molar-refractivity contribution < 1.29 is 4.42 Å². The molecule has 2 rings (SSSR count). The maximum atomic E-state index is 11.1. The number of nitrogens with zero attached hydrogens (tertiary/aromatic N) is 2. The summed E-state index contributed by atoms with van der Waals surface area (Å²) in [6, 6.07) is 7.89. The molecule has 0 aliphatic heterocycles. The molecule has 19 heavy (non-hydrogen) atoms. The number of H-pyrrole nitrogens is 1. The lowest BCUT2D eigenvalue weighted by Crippen LogP contribution is -2.22. The van der Waals surface area contributed by atoms with E-state index < -0.39 is 5.76 Å². The topological polar surface area (TPSA) is 73.0 Å². The number of aromatic amines is 1. The van der Waals surface area contributed by atoms with Gasteiger partial charge in [-0.3, -0.25) is 4.98 Å². The van der Waals surface area contributed by atoms with Gasteiger partial charge in [0.2, 0.25) is 0 Å². The minimum Gasteiger partial charge on any atom is -0.408 e. The average molecular weight is 259 g/mol. The molecule has 1 aromatic heterocycles. The Labute approximate surface area is 111 Å². The Morgan fingerprint density at radius 1 is 1.42 bits per heavy atom. The number of nitriles is 1. The summed E-state index contributed by atoms with van der Waals surface area (Å²) in [6.45, 7) is 1.86. The molecule has 100 valence electrons. The Balaban J connectivity index is 1.90. The van der Waals surface area contributed by atoms with Gasteiger partial charge < -0.3 is 9.32 Å². The second-order valence-electron chi connectivity index (χ2n) is 4.66. The van der Waals surface area contributed by atoms with Crippen LogP contribution in [0.15, 0.2) is 27.4 Å². The van der Waals surface area contributed by atoms with Crippen molar-refractivity contribution in [1.82, 2.24) is 9.88 Å². The van der Waals surface area contributed by atoms with Crippen molar-refractivity contribution in [1.29, 1.82) is 5.26 Å². The Kier molecular flexibility index (Phi) is 4.37. The predicted molar refractivity (Wildman–Crippen MR) is 72.9 cm³/mol. The molecule has 1 N–H and O–H groups in total. The number of hydrogen-bond acceptors (Lipinski definition) is 4. The van der Waals surface area contributed by atoms with E-state index in [1.165, 1.54) is 0 Å². The highest BCUT2D eigenvalue weighted by atomic mass is 16.4. The SMILES string of the molecule is CN(CCCC#N)CCc1ccc2oc(=O)[nH]c2c1. The summed E-state index contributed by atoms with van der Waals surface area (Å²) in [5.41, 5.74) is 2.50. The van der Waals surface area contributed by atoms with Gasteiger partial charge in [-0.1, -0.05) is 6.07 Å². The van der Waals surface area contributed by atoms with Crippen LogP contribution in [0.5, 0.6) is 0 Å². The van der Waals surface area contributed by atoms with Gasteiger partial charge in [0.15, 0.2) is 5.58 Å². The van der Waals surface area contributed by atoms with Gasteiger partial charge in [-0.15, -0.1) is 0 Å². The van der Waals surface area contributed by atoms with Crippen molar-refractivity contribution in [2.24, 2.45) is 0 Å². The van der Waals surface area contributed by atoms with Gasteiger partial charge in [-0.05, 0) is 44.1 Å². The Morgan fingerprint density at radius 2 is 2.26 bits per heavy atom. The van der Waals surface area contributed by atoms with Crippen LogP contribution in [0, 0.1) is 11.3 Å². The monoisotopic (exact) mass is 259 g/mol. The van der Waals surface area contributed by atoms with Gasteiger partial charge in [0.25, 0.3) is 0 Å². The zero-order valence-electron chi connectivity index (χ0n) is 11.0. The third kappa shape index (κ3) is 3.70. The number of hydrogen-bond donors (Lipinski definition) is 1. The van der Waals surface area contributed by atoms with E-state index in [1.54, 1.807) is 0 Å². The quantitative estimate of drug-likeness (QED) is 0.804. The van der Waals surface area contributed by atoms with Crippen molar-refractivity contribution in [3.05, 3.63) is 34.3 Å². The summed E-state index contributed by atoms with van der Waals surface area (Å²) in [6.07, 6.45) is 2.42. The minimum atomic E-state index is -0.416. The summed E-state index contributed by atoms with van der Waals surface area (Å²) in [7, 11) is 2.05. The largest absolute Gasteiger partial charge is 0.417 e. The molecule has 0 bridgehead atoms. The first kappa shape index (κ1) is 13.4. The van der Waals surface area contributed by atoms with Crippen LogP contribution in [-0.2, 0) is 6.42 Å². The van der Waals surface area contributed by atoms with E-state index in [0.717, 1.165) is 37.0 Å². The van der Waals surface area contributed by atoms with E-state index in [1.807, 2.05) is 18.2 Å². The fourth-order valence-corrected chi connectivity index (χ4v) is 2.01. The van der Waals surface area contributed by atoms with Gasteiger partial charge in [-0.2, -0.15) is 5.26 Å². The van der Waals surface area contributed by atoms with Crippen LogP contribution in [0.1, 0.15) is 18.4 Å². The van der Waals surface area contributed by atoms with Gasteiger partial charge >= 0.3 is 5.76 Å². The molecule has 5 heteroatoms. The summed E-state index contributed by atoms with van der Waals surface area (Å²) < 4.78 is 4.96. The third-order valence-corrected chi connectivity index (χ3v) is 3.09. The van der Waals surface area contributed by atoms with Crippen LogP contribution in [0.25, 0.3) is 11.1 Å². The van der Waals surface area contributed by atoms with Crippen molar-refractivity contribution in [2.45, 2.75) is 19.3 Å². The number of rotatable bonds is 6. The molecule has 0 aliphatic carbocycles. The first-order valence-corrected chi connectivity index (χ1v) is 6.36. The number of aromatic nitrogens is 1. The van der Waals surface area contributed by atoms with Crippen LogP contribution in [-0.4, -0.2) is 30.0 Å². The molecule has 0 aliphatic rings. The fraction of sp³-hybridized carbons (Fsp3) is 0.429. The number of unbranched alkanes of at least 4 members (excludes halogenated alkanes) is 1. The van der Waals surface area contributed by atoms with Gasteiger partial charge in [0.1, 0.15) is 0 Å². The lowest BCUT2D eigenvalue weighted by atomic mass is 10.1. The molecule has 0 saturated carbocycles. The van der Waals surface area contributed by atoms with E-state index >= 15 is 0 Å². The Hall–Kier alpha value is -2.06. The molecule has 2 aromatic rings. The number of fused-ring (bicyclic) bond motifs is 1. The van der Waals surface area contributed by atoms with Crippen LogP contribution >= 0.6 is 0 Å². The maximum absolute atomic E-state index is 11.1. The molecule has 0 fully saturated rings. The van der Waals surface area contributed by atoms with E-state index in [2.05, 4.69) is 23.0 Å². The molecular weight excluding hydrogens is 242 g/mol. The minimum absolute atomic E-state index is 0.416. The summed E-state index contributed by atoms with van der Waals surface area (Å²) in [5.74, 6) is -0.416. The first-order valence-electron chi connectivity index (χ1n) is 6.36. The number of benzene rings is 1. The van der Waals surface area contributed by atoms with Crippen molar-refractivity contribution in [3.8, 4) is 6.07 Å². The normalized spacial score (nSPS) is 11.0. The zero-order valence-corrected chi connectivity index (χ0v) is 11.0. The first-order chi connectivity index (χ1) is 9.19. The van der Waals surface area contributed by atoms with Gasteiger partial charge in [0, 0.05) is 13.0 Å². The molecule has 0 unspecified atom stereocenters. The van der Waals surface area contributed by atoms with Crippen molar-refractivity contribution in [3.63, 3.8) is 0 Å². The highest BCUT2D eigenvalue weighted by Crippen LogP contribution is 2.12. The van der Waals surface area contributed by atoms with Gasteiger partial charge in [0.05, 0.1) is 11.6 Å². The highest BCUT2D eigenvalue weighted by molar-refractivity contribution is 5.72. The second-order valence-corrected chi connectivity index (χ2v) is 4.66. The summed E-state index contributed by atoms with van der Waals surface area (Å²) in [5, 5.41) is 8.48. The molecule has 1 aromatic carbocycles. The maximum Gasteiger partial charge on any atom is 0.417 e. The molecule has 0 saturated heterocycles. The third-order valence-electron chi connectivity index (χ3n) is 3.09. The van der Waals surface area contributed by atoms with Crippen LogP contribution < -0.4 is 5.76 Å². The lowest BCUT2D eigenvalue weighted by molar-refractivity contribution is 0.335.